The van der Waals surface area contributed by atoms with E-state index in [2.05, 4.69) is 27.9 Å². The van der Waals surface area contributed by atoms with Gasteiger partial charge in [-0.05, 0) is 65.4 Å². The number of benzene rings is 2. The number of carbonyl (C=O) groups excluding carboxylic acids is 1. The van der Waals surface area contributed by atoms with Crippen LogP contribution in [0.2, 0.25) is 5.02 Å². The standard InChI is InChI=1S/C15H14ClIN2O/c1-9(10-2-5-12(18)6-3-10)19-15(20)13-8-11(16)4-7-14(13)17/h2-9H,18H2,1H3,(H,19,20). The number of carbonyl (C=O) groups is 1. The highest BCUT2D eigenvalue weighted by Crippen LogP contribution is 2.20. The molecule has 0 aliphatic heterocycles. The second-order valence-corrected chi connectivity index (χ2v) is 6.08. The van der Waals surface area contributed by atoms with E-state index in [4.69, 9.17) is 17.3 Å². The van der Waals surface area contributed by atoms with Crippen molar-refractivity contribution in [1.82, 2.24) is 5.32 Å². The molecule has 0 saturated carbocycles. The van der Waals surface area contributed by atoms with Crippen LogP contribution >= 0.6 is 34.2 Å². The van der Waals surface area contributed by atoms with Crippen LogP contribution in [0, 0.1) is 3.57 Å². The van der Waals surface area contributed by atoms with Crippen LogP contribution in [-0.4, -0.2) is 5.91 Å². The molecule has 0 fully saturated rings. The minimum atomic E-state index is -0.138. The molecule has 2 aromatic carbocycles. The van der Waals surface area contributed by atoms with E-state index in [1.165, 1.54) is 0 Å². The number of halogens is 2. The lowest BCUT2D eigenvalue weighted by Gasteiger charge is -2.15. The van der Waals surface area contributed by atoms with Gasteiger partial charge < -0.3 is 11.1 Å². The molecule has 1 amide bonds. The molecule has 0 saturated heterocycles. The molecule has 104 valence electrons. The SMILES string of the molecule is CC(NC(=O)c1cc(Cl)ccc1I)c1ccc(N)cc1. The quantitative estimate of drug-likeness (QED) is 0.604. The largest absolute Gasteiger partial charge is 0.399 e. The van der Waals surface area contributed by atoms with Crippen molar-refractivity contribution in [1.29, 1.82) is 0 Å². The molecule has 3 nitrogen and oxygen atoms in total. The monoisotopic (exact) mass is 400 g/mol. The number of hydrogen-bond donors (Lipinski definition) is 2. The highest BCUT2D eigenvalue weighted by molar-refractivity contribution is 14.1. The highest BCUT2D eigenvalue weighted by Gasteiger charge is 2.14. The number of hydrogen-bond acceptors (Lipinski definition) is 2. The summed E-state index contributed by atoms with van der Waals surface area (Å²) in [5.41, 5.74) is 7.95. The molecule has 20 heavy (non-hydrogen) atoms. The first kappa shape index (κ1) is 15.1. The van der Waals surface area contributed by atoms with Crippen molar-refractivity contribution in [2.75, 3.05) is 5.73 Å². The molecule has 0 heterocycles. The molecule has 5 heteroatoms. The van der Waals surface area contributed by atoms with Gasteiger partial charge in [0.2, 0.25) is 0 Å². The predicted octanol–water partition coefficient (Wildman–Crippen LogP) is 4.02. The van der Waals surface area contributed by atoms with E-state index in [-0.39, 0.29) is 11.9 Å². The first-order chi connectivity index (χ1) is 9.47. The van der Waals surface area contributed by atoms with Crippen LogP contribution in [0.25, 0.3) is 0 Å². The lowest BCUT2D eigenvalue weighted by atomic mass is 10.1. The minimum Gasteiger partial charge on any atom is -0.399 e. The second kappa shape index (κ2) is 6.45. The van der Waals surface area contributed by atoms with Crippen molar-refractivity contribution in [3.05, 3.63) is 62.2 Å². The summed E-state index contributed by atoms with van der Waals surface area (Å²) in [5, 5.41) is 3.51. The summed E-state index contributed by atoms with van der Waals surface area (Å²) in [6.07, 6.45) is 0. The number of amides is 1. The molecule has 0 aliphatic rings. The third-order valence-electron chi connectivity index (χ3n) is 2.96. The average molecular weight is 401 g/mol. The zero-order chi connectivity index (χ0) is 14.7. The highest BCUT2D eigenvalue weighted by atomic mass is 127. The van der Waals surface area contributed by atoms with Gasteiger partial charge in [0.15, 0.2) is 0 Å². The van der Waals surface area contributed by atoms with Gasteiger partial charge >= 0.3 is 0 Å². The van der Waals surface area contributed by atoms with Crippen molar-refractivity contribution in [2.24, 2.45) is 0 Å². The van der Waals surface area contributed by atoms with Gasteiger partial charge in [0.25, 0.3) is 5.91 Å². The van der Waals surface area contributed by atoms with Crippen LogP contribution in [0.3, 0.4) is 0 Å². The molecular weight excluding hydrogens is 387 g/mol. The van der Waals surface area contributed by atoms with Gasteiger partial charge in [-0.15, -0.1) is 0 Å². The van der Waals surface area contributed by atoms with Gasteiger partial charge in [-0.2, -0.15) is 0 Å². The Kier molecular flexibility index (Phi) is 4.88. The average Bonchev–Trinajstić information content (AvgIpc) is 2.42. The molecule has 0 radical (unpaired) electrons. The molecule has 0 aromatic heterocycles. The Bertz CT molecular complexity index is 628. The lowest BCUT2D eigenvalue weighted by molar-refractivity contribution is 0.0939. The fraction of sp³-hybridized carbons (Fsp3) is 0.133. The van der Waals surface area contributed by atoms with Crippen LogP contribution in [0.1, 0.15) is 28.9 Å². The van der Waals surface area contributed by atoms with Crippen LogP contribution < -0.4 is 11.1 Å². The van der Waals surface area contributed by atoms with E-state index < -0.39 is 0 Å². The Morgan fingerprint density at radius 1 is 1.25 bits per heavy atom. The maximum Gasteiger partial charge on any atom is 0.252 e. The summed E-state index contributed by atoms with van der Waals surface area (Å²) in [6, 6.07) is 12.6. The molecule has 2 aromatic rings. The number of nitrogens with two attached hydrogens (primary N) is 1. The summed E-state index contributed by atoms with van der Waals surface area (Å²) >= 11 is 8.06. The Morgan fingerprint density at radius 3 is 2.55 bits per heavy atom. The molecule has 1 unspecified atom stereocenters. The molecular formula is C15H14ClIN2O. The Labute approximate surface area is 136 Å². The second-order valence-electron chi connectivity index (χ2n) is 4.49. The maximum atomic E-state index is 12.3. The Morgan fingerprint density at radius 2 is 1.90 bits per heavy atom. The van der Waals surface area contributed by atoms with E-state index in [1.54, 1.807) is 12.1 Å². The summed E-state index contributed by atoms with van der Waals surface area (Å²) in [7, 11) is 0. The van der Waals surface area contributed by atoms with Gasteiger partial charge in [0.05, 0.1) is 11.6 Å². The van der Waals surface area contributed by atoms with Gasteiger partial charge in [-0.25, -0.2) is 0 Å². The molecule has 0 spiro atoms. The third-order valence-corrected chi connectivity index (χ3v) is 4.13. The zero-order valence-corrected chi connectivity index (χ0v) is 13.8. The van der Waals surface area contributed by atoms with E-state index in [9.17, 15) is 4.79 Å². The predicted molar refractivity (Wildman–Crippen MR) is 90.9 cm³/mol. The first-order valence-electron chi connectivity index (χ1n) is 6.08. The van der Waals surface area contributed by atoms with Crippen molar-refractivity contribution < 1.29 is 4.79 Å². The lowest BCUT2D eigenvalue weighted by Crippen LogP contribution is -2.27. The summed E-state index contributed by atoms with van der Waals surface area (Å²) in [4.78, 5) is 12.3. The van der Waals surface area contributed by atoms with Crippen molar-refractivity contribution in [2.45, 2.75) is 13.0 Å². The normalized spacial score (nSPS) is 11.9. The molecule has 0 aliphatic carbocycles. The van der Waals surface area contributed by atoms with Crippen molar-refractivity contribution in [3.8, 4) is 0 Å². The smallest absolute Gasteiger partial charge is 0.252 e. The zero-order valence-electron chi connectivity index (χ0n) is 10.9. The minimum absolute atomic E-state index is 0.0992. The van der Waals surface area contributed by atoms with Gasteiger partial charge in [0, 0.05) is 14.3 Å². The fourth-order valence-electron chi connectivity index (χ4n) is 1.81. The van der Waals surface area contributed by atoms with Gasteiger partial charge in [-0.1, -0.05) is 23.7 Å². The van der Waals surface area contributed by atoms with Crippen LogP contribution in [0.5, 0.6) is 0 Å². The number of nitrogen functional groups attached to an aromatic ring is 1. The summed E-state index contributed by atoms with van der Waals surface area (Å²) < 4.78 is 0.869. The fourth-order valence-corrected chi connectivity index (χ4v) is 2.57. The van der Waals surface area contributed by atoms with Crippen LogP contribution in [-0.2, 0) is 0 Å². The van der Waals surface area contributed by atoms with Crippen LogP contribution in [0.4, 0.5) is 5.69 Å². The Balaban J connectivity index is 2.15. The van der Waals surface area contributed by atoms with Crippen LogP contribution in [0.15, 0.2) is 42.5 Å². The molecule has 3 N–H and O–H groups in total. The number of anilines is 1. The third kappa shape index (κ3) is 3.64. The van der Waals surface area contributed by atoms with Crippen molar-refractivity contribution >= 4 is 45.8 Å². The maximum absolute atomic E-state index is 12.3. The number of rotatable bonds is 3. The van der Waals surface area contributed by atoms with E-state index in [1.807, 2.05) is 37.3 Å². The molecule has 1 atom stereocenters. The summed E-state index contributed by atoms with van der Waals surface area (Å²) in [5.74, 6) is -0.138. The van der Waals surface area contributed by atoms with E-state index in [0.29, 0.717) is 16.3 Å². The Hall–Kier alpha value is -1.27. The van der Waals surface area contributed by atoms with Gasteiger partial charge in [-0.3, -0.25) is 4.79 Å². The number of nitrogens with one attached hydrogen (secondary N) is 1. The first-order valence-corrected chi connectivity index (χ1v) is 7.54. The molecule has 2 rings (SSSR count). The topological polar surface area (TPSA) is 55.1 Å². The summed E-state index contributed by atoms with van der Waals surface area (Å²) in [6.45, 7) is 1.93. The van der Waals surface area contributed by atoms with Gasteiger partial charge in [0.1, 0.15) is 0 Å². The molecule has 0 bridgehead atoms. The van der Waals surface area contributed by atoms with Crippen molar-refractivity contribution in [3.63, 3.8) is 0 Å². The van der Waals surface area contributed by atoms with E-state index in [0.717, 1.165) is 9.13 Å². The van der Waals surface area contributed by atoms with E-state index >= 15 is 0 Å².